The van der Waals surface area contributed by atoms with Gasteiger partial charge >= 0.3 is 12.0 Å². The number of anilines is 1. The third-order valence-corrected chi connectivity index (χ3v) is 6.00. The van der Waals surface area contributed by atoms with Gasteiger partial charge in [-0.05, 0) is 43.5 Å². The number of rotatable bonds is 10. The number of carboxylic acid groups (broad SMARTS) is 1. The number of fused-ring (bicyclic) bond motifs is 1. The van der Waals surface area contributed by atoms with Crippen LogP contribution in [0.15, 0.2) is 24.3 Å². The fourth-order valence-corrected chi connectivity index (χ4v) is 4.16. The van der Waals surface area contributed by atoms with Crippen molar-refractivity contribution in [3.8, 4) is 0 Å². The maximum Gasteiger partial charge on any atom is 0.358 e. The fourth-order valence-electron chi connectivity index (χ4n) is 4.16. The van der Waals surface area contributed by atoms with E-state index in [1.807, 2.05) is 6.92 Å². The van der Waals surface area contributed by atoms with Gasteiger partial charge in [-0.15, -0.1) is 0 Å². The van der Waals surface area contributed by atoms with E-state index in [-0.39, 0.29) is 43.7 Å². The van der Waals surface area contributed by atoms with Gasteiger partial charge in [0.1, 0.15) is 12.3 Å². The van der Waals surface area contributed by atoms with Gasteiger partial charge in [0.2, 0.25) is 17.7 Å². The standard InChI is InChI=1S/C24H30N6O8/c1-2-4-19(32)25-16-8-6-15(7-9-16)22(36)27-28-12-10-20(33)29-11-3-5-18(30(29)24(28)38)23(37)26-17(14-31)13-21(34)35/h6-9,14,17-18H,2-5,10-13H2,1H3,(H,25,32)(H,26,37)(H,27,36)(H,34,35)/t17-,18-/m0/s1. The summed E-state index contributed by atoms with van der Waals surface area (Å²) in [7, 11) is 0. The first-order chi connectivity index (χ1) is 18.1. The second kappa shape index (κ2) is 12.7. The van der Waals surface area contributed by atoms with Gasteiger partial charge in [0.15, 0.2) is 0 Å². The molecule has 2 saturated heterocycles. The van der Waals surface area contributed by atoms with Gasteiger partial charge in [0, 0.05) is 30.6 Å². The van der Waals surface area contributed by atoms with E-state index in [0.29, 0.717) is 24.9 Å². The number of carboxylic acids is 1. The monoisotopic (exact) mass is 530 g/mol. The Bertz CT molecular complexity index is 1110. The predicted octanol–water partition coefficient (Wildman–Crippen LogP) is 0.262. The second-order valence-corrected chi connectivity index (χ2v) is 8.87. The van der Waals surface area contributed by atoms with Crippen molar-refractivity contribution in [3.05, 3.63) is 29.8 Å². The van der Waals surface area contributed by atoms with Crippen LogP contribution in [0.2, 0.25) is 0 Å². The molecule has 0 bridgehead atoms. The van der Waals surface area contributed by atoms with Crippen molar-refractivity contribution >= 4 is 47.6 Å². The normalized spacial score (nSPS) is 18.1. The summed E-state index contributed by atoms with van der Waals surface area (Å²) in [6.45, 7) is 1.91. The first-order valence-corrected chi connectivity index (χ1v) is 12.2. The first-order valence-electron chi connectivity index (χ1n) is 12.2. The number of hydrogen-bond donors (Lipinski definition) is 4. The van der Waals surface area contributed by atoms with Crippen molar-refractivity contribution in [2.24, 2.45) is 0 Å². The zero-order valence-electron chi connectivity index (χ0n) is 20.8. The highest BCUT2D eigenvalue weighted by Crippen LogP contribution is 2.24. The molecule has 0 radical (unpaired) electrons. The Morgan fingerprint density at radius 2 is 1.84 bits per heavy atom. The number of carbonyl (C=O) groups excluding carboxylic acids is 6. The number of benzene rings is 1. The summed E-state index contributed by atoms with van der Waals surface area (Å²) in [6, 6.07) is 2.70. The summed E-state index contributed by atoms with van der Waals surface area (Å²) in [5.74, 6) is -3.32. The zero-order chi connectivity index (χ0) is 27.8. The van der Waals surface area contributed by atoms with E-state index in [2.05, 4.69) is 16.1 Å². The van der Waals surface area contributed by atoms with Crippen LogP contribution in [-0.2, 0) is 24.0 Å². The highest BCUT2D eigenvalue weighted by Gasteiger charge is 2.44. The van der Waals surface area contributed by atoms with Crippen molar-refractivity contribution in [3.63, 3.8) is 0 Å². The molecule has 2 aliphatic heterocycles. The quantitative estimate of drug-likeness (QED) is 0.310. The van der Waals surface area contributed by atoms with E-state index in [1.165, 1.54) is 12.1 Å². The minimum Gasteiger partial charge on any atom is -0.481 e. The van der Waals surface area contributed by atoms with E-state index in [1.54, 1.807) is 12.1 Å². The van der Waals surface area contributed by atoms with Crippen LogP contribution in [0.5, 0.6) is 0 Å². The number of urea groups is 1. The second-order valence-electron chi connectivity index (χ2n) is 8.87. The molecule has 1 aromatic rings. The third-order valence-electron chi connectivity index (χ3n) is 6.00. The summed E-state index contributed by atoms with van der Waals surface area (Å²) in [6.07, 6.45) is 1.14. The van der Waals surface area contributed by atoms with Gasteiger partial charge in [-0.25, -0.2) is 19.8 Å². The first kappa shape index (κ1) is 28.1. The molecule has 0 saturated carbocycles. The molecule has 2 aliphatic rings. The summed E-state index contributed by atoms with van der Waals surface area (Å²) in [4.78, 5) is 85.9. The maximum absolute atomic E-state index is 13.4. The average molecular weight is 531 g/mol. The van der Waals surface area contributed by atoms with Gasteiger partial charge in [-0.1, -0.05) is 6.92 Å². The van der Waals surface area contributed by atoms with Crippen LogP contribution in [-0.4, -0.2) is 87.2 Å². The molecule has 3 rings (SSSR count). The highest BCUT2D eigenvalue weighted by atomic mass is 16.4. The number of amides is 6. The van der Waals surface area contributed by atoms with Gasteiger partial charge in [0.05, 0.1) is 19.0 Å². The maximum atomic E-state index is 13.4. The van der Waals surface area contributed by atoms with Crippen LogP contribution in [0.4, 0.5) is 10.5 Å². The largest absolute Gasteiger partial charge is 0.481 e. The Morgan fingerprint density at radius 3 is 2.47 bits per heavy atom. The lowest BCUT2D eigenvalue weighted by Gasteiger charge is -2.42. The summed E-state index contributed by atoms with van der Waals surface area (Å²) >= 11 is 0. The van der Waals surface area contributed by atoms with E-state index in [4.69, 9.17) is 5.11 Å². The topological polar surface area (TPSA) is 186 Å². The molecule has 1 aromatic carbocycles. The minimum absolute atomic E-state index is 0.116. The molecule has 0 unspecified atom stereocenters. The summed E-state index contributed by atoms with van der Waals surface area (Å²) < 4.78 is 0. The SMILES string of the molecule is CCCC(=O)Nc1ccc(C(=O)NN2CCC(=O)N3CCC[C@@H](C(=O)N[C@H](C=O)CC(=O)O)N3C2=O)cc1. The van der Waals surface area contributed by atoms with Crippen LogP contribution in [0.25, 0.3) is 0 Å². The Morgan fingerprint density at radius 1 is 1.13 bits per heavy atom. The van der Waals surface area contributed by atoms with Gasteiger partial charge < -0.3 is 20.5 Å². The molecule has 14 nitrogen and oxygen atoms in total. The van der Waals surface area contributed by atoms with Crippen LogP contribution in [0, 0.1) is 0 Å². The van der Waals surface area contributed by atoms with Crippen LogP contribution in [0.1, 0.15) is 55.8 Å². The Labute approximate surface area is 218 Å². The molecule has 14 heteroatoms. The van der Waals surface area contributed by atoms with Crippen molar-refractivity contribution in [1.82, 2.24) is 25.8 Å². The Kier molecular flexibility index (Phi) is 9.35. The lowest BCUT2D eigenvalue weighted by Crippen LogP contribution is -2.64. The Balaban J connectivity index is 1.74. The average Bonchev–Trinajstić information content (AvgIpc) is 3.00. The molecule has 4 N–H and O–H groups in total. The fraction of sp³-hybridized carbons (Fsp3) is 0.458. The van der Waals surface area contributed by atoms with Gasteiger partial charge in [-0.3, -0.25) is 29.4 Å². The molecule has 204 valence electrons. The number of nitrogens with zero attached hydrogens (tertiary/aromatic N) is 3. The molecule has 2 atom stereocenters. The smallest absolute Gasteiger partial charge is 0.358 e. The van der Waals surface area contributed by atoms with E-state index < -0.39 is 48.2 Å². The predicted molar refractivity (Wildman–Crippen MR) is 131 cm³/mol. The molecule has 2 fully saturated rings. The van der Waals surface area contributed by atoms with Gasteiger partial charge in [0.25, 0.3) is 5.91 Å². The molecular formula is C24H30N6O8. The number of aldehydes is 1. The minimum atomic E-state index is -1.31. The van der Waals surface area contributed by atoms with Crippen molar-refractivity contribution in [1.29, 1.82) is 0 Å². The van der Waals surface area contributed by atoms with Crippen LogP contribution in [0.3, 0.4) is 0 Å². The van der Waals surface area contributed by atoms with Crippen molar-refractivity contribution < 1.29 is 38.7 Å². The lowest BCUT2D eigenvalue weighted by atomic mass is 10.1. The molecular weight excluding hydrogens is 500 g/mol. The number of aliphatic carboxylic acids is 1. The molecule has 0 spiro atoms. The number of nitrogens with one attached hydrogen (secondary N) is 3. The van der Waals surface area contributed by atoms with Crippen LogP contribution >= 0.6 is 0 Å². The zero-order valence-corrected chi connectivity index (χ0v) is 20.8. The lowest BCUT2D eigenvalue weighted by molar-refractivity contribution is -0.155. The van der Waals surface area contributed by atoms with E-state index in [9.17, 15) is 33.6 Å². The number of hydrazine groups is 2. The van der Waals surface area contributed by atoms with Crippen molar-refractivity contribution in [2.45, 2.75) is 57.5 Å². The van der Waals surface area contributed by atoms with Crippen LogP contribution < -0.4 is 16.1 Å². The Hall–Kier alpha value is -4.49. The van der Waals surface area contributed by atoms with E-state index in [0.717, 1.165) is 15.0 Å². The molecule has 0 aliphatic carbocycles. The highest BCUT2D eigenvalue weighted by molar-refractivity contribution is 5.98. The number of hydrogen-bond acceptors (Lipinski definition) is 7. The van der Waals surface area contributed by atoms with Gasteiger partial charge in [-0.2, -0.15) is 0 Å². The van der Waals surface area contributed by atoms with E-state index >= 15 is 0 Å². The molecule has 6 amide bonds. The molecule has 0 aromatic heterocycles. The number of carbonyl (C=O) groups is 7. The summed E-state index contributed by atoms with van der Waals surface area (Å²) in [5, 5.41) is 17.0. The molecule has 2 heterocycles. The van der Waals surface area contributed by atoms with Crippen molar-refractivity contribution in [2.75, 3.05) is 18.4 Å². The third kappa shape index (κ3) is 6.83. The molecule has 38 heavy (non-hydrogen) atoms. The summed E-state index contributed by atoms with van der Waals surface area (Å²) in [5.41, 5.74) is 3.16.